The zero-order valence-corrected chi connectivity index (χ0v) is 16.2. The van der Waals surface area contributed by atoms with Gasteiger partial charge < -0.3 is 15.2 Å². The quantitative estimate of drug-likeness (QED) is 0.782. The van der Waals surface area contributed by atoms with Crippen LogP contribution in [0, 0.1) is 0 Å². The Morgan fingerprint density at radius 2 is 2.11 bits per heavy atom. The number of imidazole rings is 1. The summed E-state index contributed by atoms with van der Waals surface area (Å²) in [5.41, 5.74) is 8.99. The summed E-state index contributed by atoms with van der Waals surface area (Å²) in [6.45, 7) is 1.56. The third-order valence-electron chi connectivity index (χ3n) is 5.93. The summed E-state index contributed by atoms with van der Waals surface area (Å²) in [6.07, 6.45) is 11.1. The summed E-state index contributed by atoms with van der Waals surface area (Å²) in [6, 6.07) is 0. The molecule has 0 radical (unpaired) electrons. The molecule has 0 unspecified atom stereocenters. The molecule has 2 aromatic heterocycles. The van der Waals surface area contributed by atoms with Crippen LogP contribution in [0.25, 0.3) is 0 Å². The zero-order valence-electron chi connectivity index (χ0n) is 16.2. The molecule has 28 heavy (non-hydrogen) atoms. The minimum Gasteiger partial charge on any atom is -0.368 e. The van der Waals surface area contributed by atoms with Gasteiger partial charge in [0.05, 0.1) is 5.69 Å². The Kier molecular flexibility index (Phi) is 5.45. The number of piperidine rings is 1. The number of H-pyrrole nitrogens is 1. The normalized spacial score (nSPS) is 19.4. The third kappa shape index (κ3) is 3.95. The number of hydrogen-bond donors (Lipinski definition) is 2. The Balaban J connectivity index is 1.37. The van der Waals surface area contributed by atoms with E-state index in [1.54, 1.807) is 17.0 Å². The molecule has 3 N–H and O–H groups in total. The molecule has 0 bridgehead atoms. The Hall–Kier alpha value is -2.64. The number of fused-ring (bicyclic) bond motifs is 1. The number of rotatable bonds is 6. The second-order valence-corrected chi connectivity index (χ2v) is 7.89. The molecule has 1 aliphatic heterocycles. The molecule has 3 heterocycles. The minimum absolute atomic E-state index is 0.129. The van der Waals surface area contributed by atoms with Crippen molar-refractivity contribution in [1.29, 1.82) is 0 Å². The number of hydrogen-bond acceptors (Lipinski definition) is 4. The monoisotopic (exact) mass is 384 g/mol. The number of aromatic amines is 1. The molecule has 1 atom stereocenters. The van der Waals surface area contributed by atoms with Gasteiger partial charge >= 0.3 is 0 Å². The topological polar surface area (TPSA) is 110 Å². The highest BCUT2D eigenvalue weighted by Gasteiger charge is 2.28. The van der Waals surface area contributed by atoms with Crippen LogP contribution < -0.4 is 5.73 Å². The van der Waals surface area contributed by atoms with E-state index in [9.17, 15) is 9.59 Å². The number of nitrogens with zero attached hydrogens (tertiary/aromatic N) is 4. The van der Waals surface area contributed by atoms with Crippen LogP contribution in [0.15, 0.2) is 12.4 Å². The number of likely N-dealkylation sites (tertiary alicyclic amines) is 1. The Morgan fingerprint density at radius 3 is 2.96 bits per heavy atom. The van der Waals surface area contributed by atoms with Gasteiger partial charge in [-0.3, -0.25) is 14.7 Å². The molecule has 0 saturated carbocycles. The molecule has 8 nitrogen and oxygen atoms in total. The second-order valence-electron chi connectivity index (χ2n) is 7.89. The summed E-state index contributed by atoms with van der Waals surface area (Å²) < 4.78 is 1.80. The molecule has 2 amide bonds. The number of carbonyl (C=O) groups excluding carboxylic acids is 2. The Morgan fingerprint density at radius 1 is 1.25 bits per heavy atom. The van der Waals surface area contributed by atoms with E-state index in [4.69, 9.17) is 5.73 Å². The first kappa shape index (κ1) is 18.7. The maximum atomic E-state index is 12.8. The molecular formula is C20H28N6O2. The number of nitrogens with one attached hydrogen (secondary N) is 1. The number of aromatic nitrogens is 4. The molecule has 1 fully saturated rings. The largest absolute Gasteiger partial charge is 0.368 e. The van der Waals surface area contributed by atoms with Crippen LogP contribution in [-0.4, -0.2) is 49.6 Å². The van der Waals surface area contributed by atoms with E-state index in [2.05, 4.69) is 15.2 Å². The van der Waals surface area contributed by atoms with E-state index in [1.807, 2.05) is 4.90 Å². The number of aryl methyl sites for hydroxylation is 2. The lowest BCUT2D eigenvalue weighted by Gasteiger charge is -2.32. The molecule has 2 aliphatic rings. The second kappa shape index (κ2) is 8.16. The summed E-state index contributed by atoms with van der Waals surface area (Å²) in [7, 11) is 0. The van der Waals surface area contributed by atoms with Crippen molar-refractivity contribution >= 4 is 11.8 Å². The highest BCUT2D eigenvalue weighted by Crippen LogP contribution is 2.27. The summed E-state index contributed by atoms with van der Waals surface area (Å²) >= 11 is 0. The van der Waals surface area contributed by atoms with Gasteiger partial charge in [0.1, 0.15) is 12.4 Å². The molecule has 0 spiro atoms. The molecule has 4 rings (SSSR count). The van der Waals surface area contributed by atoms with E-state index in [-0.39, 0.29) is 24.3 Å². The molecule has 150 valence electrons. The van der Waals surface area contributed by atoms with Crippen LogP contribution in [0.4, 0.5) is 0 Å². The van der Waals surface area contributed by atoms with Crippen LogP contribution in [0.5, 0.6) is 0 Å². The maximum absolute atomic E-state index is 12.8. The van der Waals surface area contributed by atoms with Crippen molar-refractivity contribution in [3.8, 4) is 0 Å². The molecule has 0 aromatic carbocycles. The van der Waals surface area contributed by atoms with Crippen LogP contribution in [-0.2, 0) is 35.4 Å². The van der Waals surface area contributed by atoms with Gasteiger partial charge in [-0.25, -0.2) is 4.98 Å². The predicted octanol–water partition coefficient (Wildman–Crippen LogP) is 1.31. The number of carbonyl (C=O) groups is 2. The van der Waals surface area contributed by atoms with Crippen molar-refractivity contribution in [2.45, 2.75) is 63.8 Å². The van der Waals surface area contributed by atoms with Gasteiger partial charge in [-0.15, -0.1) is 0 Å². The van der Waals surface area contributed by atoms with Gasteiger partial charge in [-0.05, 0) is 44.1 Å². The fourth-order valence-electron chi connectivity index (χ4n) is 4.54. The Bertz CT molecular complexity index is 855. The summed E-state index contributed by atoms with van der Waals surface area (Å²) in [5, 5.41) is 7.61. The molecule has 1 aliphatic carbocycles. The van der Waals surface area contributed by atoms with Crippen molar-refractivity contribution in [2.24, 2.45) is 5.73 Å². The molecule has 2 aromatic rings. The first-order valence-corrected chi connectivity index (χ1v) is 10.2. The van der Waals surface area contributed by atoms with Crippen LogP contribution >= 0.6 is 0 Å². The first-order chi connectivity index (χ1) is 13.6. The van der Waals surface area contributed by atoms with Crippen molar-refractivity contribution in [1.82, 2.24) is 24.6 Å². The highest BCUT2D eigenvalue weighted by molar-refractivity contribution is 5.76. The van der Waals surface area contributed by atoms with E-state index in [1.165, 1.54) is 24.1 Å². The third-order valence-corrected chi connectivity index (χ3v) is 5.93. The van der Waals surface area contributed by atoms with Gasteiger partial charge in [-0.1, -0.05) is 0 Å². The van der Waals surface area contributed by atoms with Crippen molar-refractivity contribution in [3.63, 3.8) is 0 Å². The van der Waals surface area contributed by atoms with Crippen LogP contribution in [0.1, 0.15) is 60.8 Å². The summed E-state index contributed by atoms with van der Waals surface area (Å²) in [4.78, 5) is 30.5. The average molecular weight is 384 g/mol. The minimum atomic E-state index is -0.384. The fourth-order valence-corrected chi connectivity index (χ4v) is 4.54. The first-order valence-electron chi connectivity index (χ1n) is 10.2. The summed E-state index contributed by atoms with van der Waals surface area (Å²) in [5.74, 6) is 0.776. The van der Waals surface area contributed by atoms with E-state index in [0.717, 1.165) is 43.7 Å². The van der Waals surface area contributed by atoms with Crippen molar-refractivity contribution in [3.05, 3.63) is 35.2 Å². The fraction of sp³-hybridized carbons (Fsp3) is 0.600. The SMILES string of the molecule is NC(=O)Cn1ccnc1[C@@H]1CCCN(C(=O)CCc2n[nH]c3c2CCCC3)C1. The number of nitrogens with two attached hydrogens (primary N) is 1. The highest BCUT2D eigenvalue weighted by atomic mass is 16.2. The van der Waals surface area contributed by atoms with E-state index in [0.29, 0.717) is 19.4 Å². The molecule has 8 heteroatoms. The Labute approximate surface area is 164 Å². The predicted molar refractivity (Wildman–Crippen MR) is 104 cm³/mol. The van der Waals surface area contributed by atoms with Crippen molar-refractivity contribution < 1.29 is 9.59 Å². The smallest absolute Gasteiger partial charge is 0.237 e. The lowest BCUT2D eigenvalue weighted by Crippen LogP contribution is -2.40. The number of primary amides is 1. The van der Waals surface area contributed by atoms with Gasteiger partial charge in [0, 0.05) is 49.9 Å². The van der Waals surface area contributed by atoms with Crippen LogP contribution in [0.2, 0.25) is 0 Å². The molecular weight excluding hydrogens is 356 g/mol. The van der Waals surface area contributed by atoms with Crippen molar-refractivity contribution in [2.75, 3.05) is 13.1 Å². The average Bonchev–Trinajstić information content (AvgIpc) is 3.32. The van der Waals surface area contributed by atoms with Crippen LogP contribution in [0.3, 0.4) is 0 Å². The van der Waals surface area contributed by atoms with Gasteiger partial charge in [0.25, 0.3) is 0 Å². The number of amides is 2. The molecule has 1 saturated heterocycles. The lowest BCUT2D eigenvalue weighted by molar-refractivity contribution is -0.132. The van der Waals surface area contributed by atoms with Gasteiger partial charge in [0.2, 0.25) is 11.8 Å². The van der Waals surface area contributed by atoms with E-state index >= 15 is 0 Å². The lowest BCUT2D eigenvalue weighted by atomic mass is 9.94. The standard InChI is InChI=1S/C20H28N6O2/c21-18(27)13-26-11-9-22-20(26)14-4-3-10-25(12-14)19(28)8-7-17-15-5-1-2-6-16(15)23-24-17/h9,11,14H,1-8,10,12-13H2,(H2,21,27)(H,23,24)/t14-/m1/s1. The maximum Gasteiger partial charge on any atom is 0.237 e. The van der Waals surface area contributed by atoms with Gasteiger partial charge in [-0.2, -0.15) is 5.10 Å². The zero-order chi connectivity index (χ0) is 19.5. The van der Waals surface area contributed by atoms with Gasteiger partial charge in [0.15, 0.2) is 0 Å². The van der Waals surface area contributed by atoms with E-state index < -0.39 is 0 Å².